The average Bonchev–Trinajstić information content (AvgIpc) is 2.36. The molecule has 0 saturated heterocycles. The third-order valence-electron chi connectivity index (χ3n) is 2.36. The summed E-state index contributed by atoms with van der Waals surface area (Å²) in [5.41, 5.74) is 6.41. The van der Waals surface area contributed by atoms with Gasteiger partial charge in [-0.3, -0.25) is 4.79 Å². The molecule has 0 radical (unpaired) electrons. The molecule has 1 aromatic rings. The minimum Gasteiger partial charge on any atom is -0.497 e. The van der Waals surface area contributed by atoms with Crippen LogP contribution in [0.3, 0.4) is 0 Å². The van der Waals surface area contributed by atoms with Crippen molar-refractivity contribution in [2.45, 2.75) is 6.10 Å². The molecule has 4 N–H and O–H groups in total. The molecule has 0 saturated carbocycles. The van der Waals surface area contributed by atoms with E-state index >= 15 is 0 Å². The quantitative estimate of drug-likeness (QED) is 0.622. The SMILES string of the molecule is COCC(O)CNC(=O)c1ccc(OC)cc1N. The van der Waals surface area contributed by atoms with Crippen LogP contribution in [-0.4, -0.2) is 44.5 Å². The molecule has 0 heterocycles. The normalized spacial score (nSPS) is 11.9. The van der Waals surface area contributed by atoms with E-state index in [1.165, 1.54) is 14.2 Å². The molecule has 0 spiro atoms. The summed E-state index contributed by atoms with van der Waals surface area (Å²) in [6, 6.07) is 4.80. The number of hydrogen-bond donors (Lipinski definition) is 3. The van der Waals surface area contributed by atoms with Gasteiger partial charge >= 0.3 is 0 Å². The number of benzene rings is 1. The molecule has 0 aromatic heterocycles. The van der Waals surface area contributed by atoms with Crippen LogP contribution in [-0.2, 0) is 4.74 Å². The Balaban J connectivity index is 2.61. The van der Waals surface area contributed by atoms with Gasteiger partial charge in [0, 0.05) is 25.4 Å². The Bertz CT molecular complexity index is 409. The number of anilines is 1. The van der Waals surface area contributed by atoms with E-state index in [0.717, 1.165) is 0 Å². The van der Waals surface area contributed by atoms with Gasteiger partial charge < -0.3 is 25.6 Å². The molecule has 1 rings (SSSR count). The maximum absolute atomic E-state index is 11.8. The first-order valence-corrected chi connectivity index (χ1v) is 5.47. The second kappa shape index (κ2) is 6.83. The van der Waals surface area contributed by atoms with Crippen molar-refractivity contribution >= 4 is 11.6 Å². The number of ether oxygens (including phenoxy) is 2. The molecule has 100 valence electrons. The van der Waals surface area contributed by atoms with Gasteiger partial charge in [0.25, 0.3) is 5.91 Å². The predicted octanol–water partition coefficient (Wildman–Crippen LogP) is 0.0145. The molecule has 1 atom stereocenters. The number of carbonyl (C=O) groups is 1. The van der Waals surface area contributed by atoms with Crippen LogP contribution in [0.4, 0.5) is 5.69 Å². The van der Waals surface area contributed by atoms with Gasteiger partial charge in [-0.25, -0.2) is 0 Å². The van der Waals surface area contributed by atoms with E-state index in [2.05, 4.69) is 5.32 Å². The third-order valence-corrected chi connectivity index (χ3v) is 2.36. The lowest BCUT2D eigenvalue weighted by Gasteiger charge is -2.12. The molecule has 1 amide bonds. The van der Waals surface area contributed by atoms with Crippen molar-refractivity contribution in [3.8, 4) is 5.75 Å². The number of nitrogen functional groups attached to an aromatic ring is 1. The summed E-state index contributed by atoms with van der Waals surface area (Å²) in [6.07, 6.45) is -0.738. The van der Waals surface area contributed by atoms with Crippen molar-refractivity contribution in [2.24, 2.45) is 0 Å². The summed E-state index contributed by atoms with van der Waals surface area (Å²) < 4.78 is 9.74. The third kappa shape index (κ3) is 3.90. The molecule has 18 heavy (non-hydrogen) atoms. The zero-order valence-electron chi connectivity index (χ0n) is 10.5. The standard InChI is InChI=1S/C12H18N2O4/c1-17-7-8(15)6-14-12(16)10-4-3-9(18-2)5-11(10)13/h3-5,8,15H,6-7,13H2,1-2H3,(H,14,16). The Morgan fingerprint density at radius 3 is 2.78 bits per heavy atom. The van der Waals surface area contributed by atoms with Crippen LogP contribution in [0.25, 0.3) is 0 Å². The Labute approximate surface area is 106 Å². The van der Waals surface area contributed by atoms with Crippen molar-refractivity contribution in [1.82, 2.24) is 5.32 Å². The van der Waals surface area contributed by atoms with Crippen LogP contribution in [0.15, 0.2) is 18.2 Å². The van der Waals surface area contributed by atoms with Crippen molar-refractivity contribution in [1.29, 1.82) is 0 Å². The fourth-order valence-electron chi connectivity index (χ4n) is 1.43. The zero-order valence-corrected chi connectivity index (χ0v) is 10.5. The van der Waals surface area contributed by atoms with Crippen LogP contribution in [0.2, 0.25) is 0 Å². The summed E-state index contributed by atoms with van der Waals surface area (Å²) in [4.78, 5) is 11.8. The second-order valence-electron chi connectivity index (χ2n) is 3.77. The van der Waals surface area contributed by atoms with E-state index < -0.39 is 6.10 Å². The molecule has 1 aromatic carbocycles. The van der Waals surface area contributed by atoms with Gasteiger partial charge in [0.05, 0.1) is 25.4 Å². The number of rotatable bonds is 6. The molecule has 0 bridgehead atoms. The van der Waals surface area contributed by atoms with E-state index in [1.54, 1.807) is 18.2 Å². The first kappa shape index (κ1) is 14.3. The molecule has 1 unspecified atom stereocenters. The van der Waals surface area contributed by atoms with Gasteiger partial charge in [0.15, 0.2) is 0 Å². The molecule has 0 aliphatic heterocycles. The van der Waals surface area contributed by atoms with E-state index in [0.29, 0.717) is 17.0 Å². The van der Waals surface area contributed by atoms with Crippen molar-refractivity contribution in [3.05, 3.63) is 23.8 Å². The number of amides is 1. The fraction of sp³-hybridized carbons (Fsp3) is 0.417. The van der Waals surface area contributed by atoms with Crippen LogP contribution < -0.4 is 15.8 Å². The van der Waals surface area contributed by atoms with Gasteiger partial charge in [-0.05, 0) is 12.1 Å². The van der Waals surface area contributed by atoms with Crippen LogP contribution in [0, 0.1) is 0 Å². The summed E-state index contributed by atoms with van der Waals surface area (Å²) in [6.45, 7) is 0.274. The molecule has 0 fully saturated rings. The van der Waals surface area contributed by atoms with Crippen molar-refractivity contribution in [2.75, 3.05) is 33.1 Å². The van der Waals surface area contributed by atoms with Crippen molar-refractivity contribution in [3.63, 3.8) is 0 Å². The lowest BCUT2D eigenvalue weighted by Crippen LogP contribution is -2.34. The number of aliphatic hydroxyl groups excluding tert-OH is 1. The highest BCUT2D eigenvalue weighted by Gasteiger charge is 2.12. The Morgan fingerprint density at radius 2 is 2.22 bits per heavy atom. The second-order valence-corrected chi connectivity index (χ2v) is 3.77. The number of nitrogens with two attached hydrogens (primary N) is 1. The van der Waals surface area contributed by atoms with Gasteiger partial charge in [0.1, 0.15) is 5.75 Å². The Hall–Kier alpha value is -1.79. The summed E-state index contributed by atoms with van der Waals surface area (Å²) in [5.74, 6) is 0.244. The lowest BCUT2D eigenvalue weighted by molar-refractivity contribution is 0.0610. The lowest BCUT2D eigenvalue weighted by atomic mass is 10.1. The van der Waals surface area contributed by atoms with E-state index in [-0.39, 0.29) is 19.1 Å². The first-order valence-electron chi connectivity index (χ1n) is 5.47. The minimum absolute atomic E-state index is 0.109. The van der Waals surface area contributed by atoms with E-state index in [9.17, 15) is 9.90 Å². The summed E-state index contributed by atoms with van der Waals surface area (Å²) >= 11 is 0. The number of aliphatic hydroxyl groups is 1. The highest BCUT2D eigenvalue weighted by Crippen LogP contribution is 2.19. The average molecular weight is 254 g/mol. The first-order chi connectivity index (χ1) is 8.58. The molecule has 0 aliphatic carbocycles. The molecular weight excluding hydrogens is 236 g/mol. The van der Waals surface area contributed by atoms with Crippen LogP contribution in [0.5, 0.6) is 5.75 Å². The summed E-state index contributed by atoms with van der Waals surface area (Å²) in [5, 5.41) is 12.0. The maximum Gasteiger partial charge on any atom is 0.253 e. The maximum atomic E-state index is 11.8. The van der Waals surface area contributed by atoms with Crippen LogP contribution >= 0.6 is 0 Å². The number of nitrogens with one attached hydrogen (secondary N) is 1. The summed E-state index contributed by atoms with van der Waals surface area (Å²) in [7, 11) is 3.00. The van der Waals surface area contributed by atoms with Gasteiger partial charge in [-0.1, -0.05) is 0 Å². The van der Waals surface area contributed by atoms with Gasteiger partial charge in [-0.15, -0.1) is 0 Å². The zero-order chi connectivity index (χ0) is 13.5. The smallest absolute Gasteiger partial charge is 0.253 e. The monoisotopic (exact) mass is 254 g/mol. The minimum atomic E-state index is -0.738. The molecule has 0 aliphatic rings. The Morgan fingerprint density at radius 1 is 1.50 bits per heavy atom. The topological polar surface area (TPSA) is 93.8 Å². The predicted molar refractivity (Wildman–Crippen MR) is 67.6 cm³/mol. The molecule has 6 heteroatoms. The van der Waals surface area contributed by atoms with Gasteiger partial charge in [-0.2, -0.15) is 0 Å². The number of methoxy groups -OCH3 is 2. The number of carbonyl (C=O) groups excluding carboxylic acids is 1. The molecule has 6 nitrogen and oxygen atoms in total. The fourth-order valence-corrected chi connectivity index (χ4v) is 1.43. The van der Waals surface area contributed by atoms with E-state index in [1.807, 2.05) is 0 Å². The highest BCUT2D eigenvalue weighted by molar-refractivity contribution is 5.99. The number of hydrogen-bond acceptors (Lipinski definition) is 5. The highest BCUT2D eigenvalue weighted by atomic mass is 16.5. The largest absolute Gasteiger partial charge is 0.497 e. The Kier molecular flexibility index (Phi) is 5.41. The van der Waals surface area contributed by atoms with E-state index in [4.69, 9.17) is 15.2 Å². The van der Waals surface area contributed by atoms with Crippen molar-refractivity contribution < 1.29 is 19.4 Å². The molecular formula is C12H18N2O4. The van der Waals surface area contributed by atoms with Gasteiger partial charge in [0.2, 0.25) is 0 Å². The van der Waals surface area contributed by atoms with Crippen LogP contribution in [0.1, 0.15) is 10.4 Å².